The maximum Gasteiger partial charge on any atom is 0.131 e. The van der Waals surface area contributed by atoms with E-state index in [2.05, 4.69) is 25.6 Å². The molecule has 1 aliphatic heterocycles. The smallest absolute Gasteiger partial charge is 0.131 e. The minimum Gasteiger partial charge on any atom is -0.379 e. The van der Waals surface area contributed by atoms with Gasteiger partial charge in [0, 0.05) is 38.2 Å². The number of nitrogens with one attached hydrogen (secondary N) is 2. The molecule has 0 amide bonds. The standard InChI is InChI=1S/C14H20N6O/c1-2-12(9-21-7-1)19-14-8-13(17-10-18-14)16-4-6-20-5-3-15-11-20/h3,5,8,10-12H,1-2,4,6-7,9H2,(H2,16,17,18,19). The molecule has 0 aliphatic carbocycles. The van der Waals surface area contributed by atoms with Crippen LogP contribution in [0.3, 0.4) is 0 Å². The zero-order chi connectivity index (χ0) is 14.3. The van der Waals surface area contributed by atoms with Crippen molar-refractivity contribution in [3.63, 3.8) is 0 Å². The second-order valence-corrected chi connectivity index (χ2v) is 5.07. The lowest BCUT2D eigenvalue weighted by Crippen LogP contribution is -2.30. The Kier molecular flexibility index (Phi) is 4.62. The van der Waals surface area contributed by atoms with Crippen molar-refractivity contribution in [3.05, 3.63) is 31.1 Å². The number of imidazole rings is 1. The van der Waals surface area contributed by atoms with Crippen LogP contribution in [0.1, 0.15) is 12.8 Å². The van der Waals surface area contributed by atoms with E-state index in [1.807, 2.05) is 16.8 Å². The van der Waals surface area contributed by atoms with Gasteiger partial charge < -0.3 is 19.9 Å². The SMILES string of the molecule is c1cn(CCNc2cc(NC3CCCOC3)ncn2)cn1. The average Bonchev–Trinajstić information content (AvgIpc) is 3.02. The normalized spacial score (nSPS) is 18.4. The molecule has 0 aromatic carbocycles. The van der Waals surface area contributed by atoms with Crippen LogP contribution in [-0.2, 0) is 11.3 Å². The molecule has 3 rings (SSSR count). The lowest BCUT2D eigenvalue weighted by molar-refractivity contribution is 0.0875. The molecule has 1 aliphatic rings. The molecule has 0 bridgehead atoms. The van der Waals surface area contributed by atoms with E-state index in [-0.39, 0.29) is 0 Å². The third-order valence-corrected chi connectivity index (χ3v) is 3.41. The van der Waals surface area contributed by atoms with E-state index in [9.17, 15) is 0 Å². The maximum absolute atomic E-state index is 5.46. The topological polar surface area (TPSA) is 76.9 Å². The molecular weight excluding hydrogens is 268 g/mol. The Morgan fingerprint density at radius 3 is 3.10 bits per heavy atom. The highest BCUT2D eigenvalue weighted by Gasteiger charge is 2.14. The Labute approximate surface area is 123 Å². The number of hydrogen-bond donors (Lipinski definition) is 2. The molecule has 112 valence electrons. The summed E-state index contributed by atoms with van der Waals surface area (Å²) in [5.41, 5.74) is 0. The first kappa shape index (κ1) is 13.8. The quantitative estimate of drug-likeness (QED) is 0.836. The molecule has 1 unspecified atom stereocenters. The first-order valence-electron chi connectivity index (χ1n) is 7.26. The Bertz CT molecular complexity index is 538. The van der Waals surface area contributed by atoms with E-state index in [1.54, 1.807) is 18.9 Å². The molecule has 2 N–H and O–H groups in total. The summed E-state index contributed by atoms with van der Waals surface area (Å²) in [4.78, 5) is 12.5. The van der Waals surface area contributed by atoms with Crippen LogP contribution in [0, 0.1) is 0 Å². The second-order valence-electron chi connectivity index (χ2n) is 5.07. The molecule has 0 saturated carbocycles. The molecule has 1 atom stereocenters. The number of aromatic nitrogens is 4. The zero-order valence-electron chi connectivity index (χ0n) is 11.9. The highest BCUT2D eigenvalue weighted by molar-refractivity contribution is 5.46. The van der Waals surface area contributed by atoms with E-state index in [0.29, 0.717) is 6.04 Å². The number of rotatable bonds is 6. The molecule has 2 aromatic rings. The summed E-state index contributed by atoms with van der Waals surface area (Å²) in [6.45, 7) is 3.25. The van der Waals surface area contributed by atoms with Crippen molar-refractivity contribution < 1.29 is 4.74 Å². The molecule has 1 fully saturated rings. The van der Waals surface area contributed by atoms with E-state index < -0.39 is 0 Å². The van der Waals surface area contributed by atoms with Crippen LogP contribution >= 0.6 is 0 Å². The number of anilines is 2. The lowest BCUT2D eigenvalue weighted by atomic mass is 10.1. The van der Waals surface area contributed by atoms with E-state index >= 15 is 0 Å². The van der Waals surface area contributed by atoms with Crippen molar-refractivity contribution in [1.82, 2.24) is 19.5 Å². The Hall–Kier alpha value is -2.15. The van der Waals surface area contributed by atoms with Crippen LogP contribution in [0.15, 0.2) is 31.1 Å². The monoisotopic (exact) mass is 288 g/mol. The Morgan fingerprint density at radius 1 is 1.33 bits per heavy atom. The van der Waals surface area contributed by atoms with Crippen LogP contribution < -0.4 is 10.6 Å². The number of nitrogens with zero attached hydrogens (tertiary/aromatic N) is 4. The molecule has 7 heteroatoms. The van der Waals surface area contributed by atoms with Gasteiger partial charge in [0.05, 0.1) is 19.0 Å². The maximum atomic E-state index is 5.46. The lowest BCUT2D eigenvalue weighted by Gasteiger charge is -2.23. The highest BCUT2D eigenvalue weighted by atomic mass is 16.5. The van der Waals surface area contributed by atoms with Crippen molar-refractivity contribution >= 4 is 11.6 Å². The second kappa shape index (κ2) is 7.03. The van der Waals surface area contributed by atoms with Crippen molar-refractivity contribution in [1.29, 1.82) is 0 Å². The van der Waals surface area contributed by atoms with Gasteiger partial charge in [0.15, 0.2) is 0 Å². The van der Waals surface area contributed by atoms with E-state index in [0.717, 1.165) is 50.8 Å². The molecule has 7 nitrogen and oxygen atoms in total. The summed E-state index contributed by atoms with van der Waals surface area (Å²) in [5, 5.41) is 6.68. The molecule has 0 radical (unpaired) electrons. The summed E-state index contributed by atoms with van der Waals surface area (Å²) in [6.07, 6.45) is 9.31. The first-order chi connectivity index (χ1) is 10.4. The molecule has 1 saturated heterocycles. The fourth-order valence-corrected chi connectivity index (χ4v) is 2.33. The van der Waals surface area contributed by atoms with Gasteiger partial charge in [-0.15, -0.1) is 0 Å². The van der Waals surface area contributed by atoms with Crippen molar-refractivity contribution in [2.75, 3.05) is 30.4 Å². The molecule has 21 heavy (non-hydrogen) atoms. The zero-order valence-corrected chi connectivity index (χ0v) is 11.9. The van der Waals surface area contributed by atoms with E-state index in [4.69, 9.17) is 4.74 Å². The summed E-state index contributed by atoms with van der Waals surface area (Å²) >= 11 is 0. The van der Waals surface area contributed by atoms with Gasteiger partial charge in [-0.1, -0.05) is 0 Å². The third kappa shape index (κ3) is 4.16. The predicted octanol–water partition coefficient (Wildman–Crippen LogP) is 1.38. The number of ether oxygens (including phenoxy) is 1. The van der Waals surface area contributed by atoms with Gasteiger partial charge in [-0.2, -0.15) is 0 Å². The number of hydrogen-bond acceptors (Lipinski definition) is 6. The van der Waals surface area contributed by atoms with Crippen LogP contribution in [0.4, 0.5) is 11.6 Å². The Morgan fingerprint density at radius 2 is 2.29 bits per heavy atom. The summed E-state index contributed by atoms with van der Waals surface area (Å²) in [7, 11) is 0. The van der Waals surface area contributed by atoms with Crippen LogP contribution in [0.2, 0.25) is 0 Å². The van der Waals surface area contributed by atoms with Crippen LogP contribution in [0.5, 0.6) is 0 Å². The fourth-order valence-electron chi connectivity index (χ4n) is 2.33. The molecular formula is C14H20N6O. The van der Waals surface area contributed by atoms with Crippen LogP contribution in [0.25, 0.3) is 0 Å². The van der Waals surface area contributed by atoms with Gasteiger partial charge in [-0.25, -0.2) is 15.0 Å². The molecule has 3 heterocycles. The Balaban J connectivity index is 1.50. The van der Waals surface area contributed by atoms with Crippen molar-refractivity contribution in [2.24, 2.45) is 0 Å². The van der Waals surface area contributed by atoms with Crippen molar-refractivity contribution in [3.8, 4) is 0 Å². The largest absolute Gasteiger partial charge is 0.379 e. The van der Waals surface area contributed by atoms with Crippen molar-refractivity contribution in [2.45, 2.75) is 25.4 Å². The van der Waals surface area contributed by atoms with Gasteiger partial charge in [-0.3, -0.25) is 0 Å². The minimum absolute atomic E-state index is 0.340. The van der Waals surface area contributed by atoms with E-state index in [1.165, 1.54) is 0 Å². The van der Waals surface area contributed by atoms with Crippen LogP contribution in [-0.4, -0.2) is 45.3 Å². The van der Waals surface area contributed by atoms with Gasteiger partial charge in [0.25, 0.3) is 0 Å². The van der Waals surface area contributed by atoms with Gasteiger partial charge in [-0.05, 0) is 12.8 Å². The summed E-state index contributed by atoms with van der Waals surface area (Å²) < 4.78 is 7.48. The highest BCUT2D eigenvalue weighted by Crippen LogP contribution is 2.14. The molecule has 2 aromatic heterocycles. The third-order valence-electron chi connectivity index (χ3n) is 3.41. The van der Waals surface area contributed by atoms with Gasteiger partial charge in [0.1, 0.15) is 18.0 Å². The van der Waals surface area contributed by atoms with Gasteiger partial charge >= 0.3 is 0 Å². The minimum atomic E-state index is 0.340. The summed E-state index contributed by atoms with van der Waals surface area (Å²) in [6, 6.07) is 2.27. The first-order valence-corrected chi connectivity index (χ1v) is 7.26. The average molecular weight is 288 g/mol. The predicted molar refractivity (Wildman–Crippen MR) is 80.2 cm³/mol. The van der Waals surface area contributed by atoms with Gasteiger partial charge in [0.2, 0.25) is 0 Å². The molecule has 0 spiro atoms. The summed E-state index contributed by atoms with van der Waals surface area (Å²) in [5.74, 6) is 1.66. The fraction of sp³-hybridized carbons (Fsp3) is 0.500.